The van der Waals surface area contributed by atoms with E-state index in [0.29, 0.717) is 22.2 Å². The number of carbonyl (C=O) groups is 2. The highest BCUT2D eigenvalue weighted by atomic mass is 79.9. The molecule has 4 aromatic rings. The summed E-state index contributed by atoms with van der Waals surface area (Å²) in [5, 5.41) is 0.660. The third kappa shape index (κ3) is 3.57. The number of nitrogens with zero attached hydrogens (tertiary/aromatic N) is 2. The Morgan fingerprint density at radius 2 is 2.06 bits per heavy atom. The quantitative estimate of drug-likeness (QED) is 0.250. The standard InChI is InChI=1S/C25H17BrN2O5S/c1-3-11-32-24(31)22-13(2)27-25(34-22)28-19(14-7-6-8-15(26)12-14)18-20(29)16-9-4-5-10-17(16)33-21(18)23(28)30/h3-10,12,19H,1,11H2,2H3/t19-/m1/s1. The molecule has 0 spiro atoms. The number of thiazole rings is 1. The van der Waals surface area contributed by atoms with Crippen molar-refractivity contribution >= 4 is 55.2 Å². The minimum atomic E-state index is -0.775. The van der Waals surface area contributed by atoms with Gasteiger partial charge < -0.3 is 9.15 Å². The predicted molar refractivity (Wildman–Crippen MR) is 133 cm³/mol. The van der Waals surface area contributed by atoms with Gasteiger partial charge in [-0.3, -0.25) is 14.5 Å². The summed E-state index contributed by atoms with van der Waals surface area (Å²) in [5.74, 6) is -1.08. The van der Waals surface area contributed by atoms with E-state index in [1.54, 1.807) is 31.2 Å². The first-order valence-corrected chi connectivity index (χ1v) is 11.9. The number of fused-ring (bicyclic) bond motifs is 2. The Morgan fingerprint density at radius 3 is 2.82 bits per heavy atom. The number of halogens is 1. The van der Waals surface area contributed by atoms with E-state index in [-0.39, 0.29) is 33.4 Å². The number of ether oxygens (including phenoxy) is 1. The minimum absolute atomic E-state index is 0.0303. The Kier molecular flexibility index (Phi) is 5.66. The van der Waals surface area contributed by atoms with Crippen LogP contribution in [0.2, 0.25) is 0 Å². The summed E-state index contributed by atoms with van der Waals surface area (Å²) in [7, 11) is 0. The third-order valence-corrected chi connectivity index (χ3v) is 7.08. The van der Waals surface area contributed by atoms with Gasteiger partial charge in [0.1, 0.15) is 17.1 Å². The molecule has 1 atom stereocenters. The summed E-state index contributed by atoms with van der Waals surface area (Å²) in [6.07, 6.45) is 1.47. The van der Waals surface area contributed by atoms with Crippen molar-refractivity contribution in [1.29, 1.82) is 0 Å². The van der Waals surface area contributed by atoms with Gasteiger partial charge in [-0.15, -0.1) is 0 Å². The van der Waals surface area contributed by atoms with Crippen LogP contribution in [0.25, 0.3) is 11.0 Å². The van der Waals surface area contributed by atoms with Gasteiger partial charge >= 0.3 is 5.97 Å². The Morgan fingerprint density at radius 1 is 1.26 bits per heavy atom. The van der Waals surface area contributed by atoms with Gasteiger partial charge in [0.25, 0.3) is 5.91 Å². The van der Waals surface area contributed by atoms with E-state index in [2.05, 4.69) is 27.5 Å². The fraction of sp³-hybridized carbons (Fsp3) is 0.120. The Hall–Kier alpha value is -3.56. The molecule has 5 rings (SSSR count). The number of benzene rings is 2. The molecule has 2 aromatic heterocycles. The van der Waals surface area contributed by atoms with E-state index in [1.807, 2.05) is 24.3 Å². The number of amides is 1. The first-order valence-electron chi connectivity index (χ1n) is 10.3. The molecule has 3 heterocycles. The summed E-state index contributed by atoms with van der Waals surface area (Å²) in [6.45, 7) is 5.28. The van der Waals surface area contributed by atoms with Crippen LogP contribution in [-0.2, 0) is 4.74 Å². The molecule has 9 heteroatoms. The van der Waals surface area contributed by atoms with Crippen LogP contribution in [0.15, 0.2) is 74.9 Å². The zero-order chi connectivity index (χ0) is 24.0. The molecule has 0 radical (unpaired) electrons. The molecule has 7 nitrogen and oxygen atoms in total. The molecule has 0 saturated carbocycles. The second-order valence-electron chi connectivity index (χ2n) is 7.60. The van der Waals surface area contributed by atoms with Gasteiger partial charge in [0.2, 0.25) is 5.76 Å². The van der Waals surface area contributed by atoms with Crippen molar-refractivity contribution in [2.75, 3.05) is 11.5 Å². The minimum Gasteiger partial charge on any atom is -0.457 e. The number of aromatic nitrogens is 1. The molecule has 0 bridgehead atoms. The lowest BCUT2D eigenvalue weighted by atomic mass is 9.99. The van der Waals surface area contributed by atoms with Crippen molar-refractivity contribution < 1.29 is 18.7 Å². The van der Waals surface area contributed by atoms with Crippen molar-refractivity contribution in [3.05, 3.63) is 103 Å². The van der Waals surface area contributed by atoms with E-state index in [9.17, 15) is 14.4 Å². The number of hydrogen-bond acceptors (Lipinski definition) is 7. The van der Waals surface area contributed by atoms with Crippen molar-refractivity contribution in [2.24, 2.45) is 0 Å². The first kappa shape index (κ1) is 22.2. The lowest BCUT2D eigenvalue weighted by Gasteiger charge is -2.22. The maximum Gasteiger partial charge on any atom is 0.350 e. The molecule has 170 valence electrons. The lowest BCUT2D eigenvalue weighted by Crippen LogP contribution is -2.29. The van der Waals surface area contributed by atoms with Gasteiger partial charge in [-0.1, -0.05) is 64.2 Å². The van der Waals surface area contributed by atoms with E-state index < -0.39 is 17.9 Å². The van der Waals surface area contributed by atoms with E-state index >= 15 is 0 Å². The fourth-order valence-corrected chi connectivity index (χ4v) is 5.39. The molecule has 2 aromatic carbocycles. The molecule has 0 saturated heterocycles. The van der Waals surface area contributed by atoms with Gasteiger partial charge in [-0.05, 0) is 36.8 Å². The highest BCUT2D eigenvalue weighted by Gasteiger charge is 2.45. The smallest absolute Gasteiger partial charge is 0.350 e. The zero-order valence-electron chi connectivity index (χ0n) is 17.9. The second kappa shape index (κ2) is 8.66. The molecule has 1 aliphatic heterocycles. The van der Waals surface area contributed by atoms with Crippen LogP contribution in [0.5, 0.6) is 0 Å². The van der Waals surface area contributed by atoms with E-state index in [4.69, 9.17) is 9.15 Å². The van der Waals surface area contributed by atoms with Crippen LogP contribution >= 0.6 is 27.3 Å². The monoisotopic (exact) mass is 536 g/mol. The third-order valence-electron chi connectivity index (χ3n) is 5.45. The molecule has 0 unspecified atom stereocenters. The van der Waals surface area contributed by atoms with Gasteiger partial charge in [0.15, 0.2) is 10.6 Å². The number of hydrogen-bond donors (Lipinski definition) is 0. The van der Waals surface area contributed by atoms with Gasteiger partial charge in [0.05, 0.1) is 22.7 Å². The Balaban J connectivity index is 1.72. The van der Waals surface area contributed by atoms with Crippen LogP contribution in [0, 0.1) is 6.92 Å². The maximum absolute atomic E-state index is 13.6. The lowest BCUT2D eigenvalue weighted by molar-refractivity contribution is 0.0554. The van der Waals surface area contributed by atoms with Gasteiger partial charge in [-0.25, -0.2) is 9.78 Å². The summed E-state index contributed by atoms with van der Waals surface area (Å²) < 4.78 is 11.9. The highest BCUT2D eigenvalue weighted by molar-refractivity contribution is 9.10. The van der Waals surface area contributed by atoms with Crippen LogP contribution in [0.1, 0.15) is 43.1 Å². The average Bonchev–Trinajstić information content (AvgIpc) is 3.35. The largest absolute Gasteiger partial charge is 0.457 e. The molecule has 0 N–H and O–H groups in total. The summed E-state index contributed by atoms with van der Waals surface area (Å²) in [5.41, 5.74) is 1.42. The van der Waals surface area contributed by atoms with Crippen LogP contribution in [0.4, 0.5) is 5.13 Å². The van der Waals surface area contributed by atoms with Crippen molar-refractivity contribution in [3.63, 3.8) is 0 Å². The Labute approximate surface area is 206 Å². The number of esters is 1. The van der Waals surface area contributed by atoms with Crippen LogP contribution in [-0.4, -0.2) is 23.5 Å². The number of aryl methyl sites for hydroxylation is 1. The van der Waals surface area contributed by atoms with Gasteiger partial charge in [-0.2, -0.15) is 0 Å². The number of carbonyl (C=O) groups excluding carboxylic acids is 2. The average molecular weight is 537 g/mol. The number of anilines is 1. The molecule has 0 fully saturated rings. The molecular weight excluding hydrogens is 520 g/mol. The van der Waals surface area contributed by atoms with Crippen molar-refractivity contribution in [3.8, 4) is 0 Å². The van der Waals surface area contributed by atoms with Crippen molar-refractivity contribution in [2.45, 2.75) is 13.0 Å². The molecule has 1 aliphatic rings. The summed E-state index contributed by atoms with van der Waals surface area (Å²) >= 11 is 4.50. The topological polar surface area (TPSA) is 89.7 Å². The maximum atomic E-state index is 13.6. The summed E-state index contributed by atoms with van der Waals surface area (Å²) in [4.78, 5) is 45.9. The highest BCUT2D eigenvalue weighted by Crippen LogP contribution is 2.43. The summed E-state index contributed by atoms with van der Waals surface area (Å²) in [6, 6.07) is 13.4. The second-order valence-corrected chi connectivity index (χ2v) is 9.49. The first-order chi connectivity index (χ1) is 16.4. The molecule has 1 amide bonds. The van der Waals surface area contributed by atoms with Crippen LogP contribution in [0.3, 0.4) is 0 Å². The molecular formula is C25H17BrN2O5S. The van der Waals surface area contributed by atoms with Crippen molar-refractivity contribution in [1.82, 2.24) is 4.98 Å². The van der Waals surface area contributed by atoms with E-state index in [1.165, 1.54) is 11.0 Å². The number of rotatable bonds is 5. The van der Waals surface area contributed by atoms with E-state index in [0.717, 1.165) is 15.8 Å². The molecule has 0 aliphatic carbocycles. The van der Waals surface area contributed by atoms with Gasteiger partial charge in [0, 0.05) is 4.47 Å². The fourth-order valence-electron chi connectivity index (χ4n) is 3.98. The predicted octanol–water partition coefficient (Wildman–Crippen LogP) is 5.41. The molecule has 34 heavy (non-hydrogen) atoms. The normalized spacial score (nSPS) is 14.9. The zero-order valence-corrected chi connectivity index (χ0v) is 20.3. The number of para-hydroxylation sites is 1. The van der Waals surface area contributed by atoms with Crippen LogP contribution < -0.4 is 10.3 Å². The Bertz CT molecular complexity index is 1540. The SMILES string of the molecule is C=CCOC(=O)c1sc(N2C(=O)c3oc4ccccc4c(=O)c3[C@H]2c2cccc(Br)c2)nc1C.